The molecule has 12 heavy (non-hydrogen) atoms. The highest BCUT2D eigenvalue weighted by atomic mass is 16.2. The monoisotopic (exact) mass is 173 g/mol. The Balaban J connectivity index is 3.92. The van der Waals surface area contributed by atoms with Crippen LogP contribution in [0.5, 0.6) is 0 Å². The molecule has 0 aromatic rings. The largest absolute Gasteiger partial charge is 0.357 e. The van der Waals surface area contributed by atoms with E-state index in [-0.39, 0.29) is 11.8 Å². The molecule has 0 aliphatic rings. The average Bonchev–Trinajstić information content (AvgIpc) is 2.02. The SMILES string of the molecule is CNC(=O)[C@@H](C)NC(=O)[C@@H](C)N. The van der Waals surface area contributed by atoms with E-state index in [4.69, 9.17) is 5.73 Å². The van der Waals surface area contributed by atoms with Crippen molar-refractivity contribution >= 4 is 11.8 Å². The van der Waals surface area contributed by atoms with Crippen LogP contribution in [0.2, 0.25) is 0 Å². The van der Waals surface area contributed by atoms with Gasteiger partial charge in [0.05, 0.1) is 6.04 Å². The Morgan fingerprint density at radius 3 is 2.08 bits per heavy atom. The van der Waals surface area contributed by atoms with Gasteiger partial charge in [-0.15, -0.1) is 0 Å². The van der Waals surface area contributed by atoms with Gasteiger partial charge in [0.25, 0.3) is 0 Å². The summed E-state index contributed by atoms with van der Waals surface area (Å²) in [4.78, 5) is 21.9. The summed E-state index contributed by atoms with van der Waals surface area (Å²) >= 11 is 0. The third-order valence-electron chi connectivity index (χ3n) is 1.41. The van der Waals surface area contributed by atoms with E-state index in [1.54, 1.807) is 13.8 Å². The first-order valence-corrected chi connectivity index (χ1v) is 3.76. The van der Waals surface area contributed by atoms with E-state index in [1.165, 1.54) is 7.05 Å². The van der Waals surface area contributed by atoms with Crippen LogP contribution in [0.15, 0.2) is 0 Å². The molecule has 0 heterocycles. The number of carbonyl (C=O) groups excluding carboxylic acids is 2. The van der Waals surface area contributed by atoms with Crippen molar-refractivity contribution in [2.24, 2.45) is 5.73 Å². The second-order valence-electron chi connectivity index (χ2n) is 2.63. The van der Waals surface area contributed by atoms with E-state index >= 15 is 0 Å². The lowest BCUT2D eigenvalue weighted by Gasteiger charge is -2.13. The molecule has 4 N–H and O–H groups in total. The molecule has 0 aromatic heterocycles. The van der Waals surface area contributed by atoms with Crippen molar-refractivity contribution in [3.8, 4) is 0 Å². The number of likely N-dealkylation sites (N-methyl/N-ethyl adjacent to an activating group) is 1. The highest BCUT2D eigenvalue weighted by molar-refractivity contribution is 5.88. The average molecular weight is 173 g/mol. The summed E-state index contributed by atoms with van der Waals surface area (Å²) in [5.74, 6) is -0.560. The quantitative estimate of drug-likeness (QED) is 0.490. The van der Waals surface area contributed by atoms with Gasteiger partial charge in [0, 0.05) is 7.05 Å². The molecule has 0 aliphatic heterocycles. The van der Waals surface area contributed by atoms with Gasteiger partial charge in [0.1, 0.15) is 6.04 Å². The maximum atomic E-state index is 11.0. The van der Waals surface area contributed by atoms with Gasteiger partial charge < -0.3 is 16.4 Å². The Hall–Kier alpha value is -1.10. The maximum absolute atomic E-state index is 11.0. The minimum Gasteiger partial charge on any atom is -0.357 e. The van der Waals surface area contributed by atoms with Gasteiger partial charge in [-0.3, -0.25) is 9.59 Å². The Kier molecular flexibility index (Phi) is 4.28. The van der Waals surface area contributed by atoms with Crippen molar-refractivity contribution < 1.29 is 9.59 Å². The van der Waals surface area contributed by atoms with Crippen LogP contribution < -0.4 is 16.4 Å². The zero-order valence-electron chi connectivity index (χ0n) is 7.55. The molecule has 0 saturated carbocycles. The molecule has 0 fully saturated rings. The molecule has 0 aromatic carbocycles. The maximum Gasteiger partial charge on any atom is 0.242 e. The standard InChI is InChI=1S/C7H15N3O2/c1-4(8)6(11)10-5(2)7(12)9-3/h4-5H,8H2,1-3H3,(H,9,12)(H,10,11)/t4-,5-/m1/s1. The number of rotatable bonds is 3. The molecule has 0 spiro atoms. The molecule has 5 nitrogen and oxygen atoms in total. The molecule has 2 atom stereocenters. The fraction of sp³-hybridized carbons (Fsp3) is 0.714. The summed E-state index contributed by atoms with van der Waals surface area (Å²) in [5, 5.41) is 4.87. The summed E-state index contributed by atoms with van der Waals surface area (Å²) in [5.41, 5.74) is 5.28. The minimum absolute atomic E-state index is 0.232. The van der Waals surface area contributed by atoms with E-state index < -0.39 is 12.1 Å². The molecular formula is C7H15N3O2. The first kappa shape index (κ1) is 10.9. The van der Waals surface area contributed by atoms with Gasteiger partial charge in [-0.25, -0.2) is 0 Å². The zero-order chi connectivity index (χ0) is 9.72. The van der Waals surface area contributed by atoms with Gasteiger partial charge in [0.15, 0.2) is 0 Å². The Labute approximate surface area is 71.7 Å². The normalized spacial score (nSPS) is 14.7. The van der Waals surface area contributed by atoms with Crippen LogP contribution in [0, 0.1) is 0 Å². The number of carbonyl (C=O) groups is 2. The summed E-state index contributed by atoms with van der Waals surface area (Å²) in [6.45, 7) is 3.16. The number of nitrogens with two attached hydrogens (primary N) is 1. The van der Waals surface area contributed by atoms with Crippen molar-refractivity contribution in [3.63, 3.8) is 0 Å². The predicted octanol–water partition coefficient (Wildman–Crippen LogP) is -1.42. The summed E-state index contributed by atoms with van der Waals surface area (Å²) in [6, 6.07) is -1.12. The van der Waals surface area contributed by atoms with Crippen molar-refractivity contribution in [2.75, 3.05) is 7.05 Å². The summed E-state index contributed by atoms with van der Waals surface area (Å²) in [6.07, 6.45) is 0. The lowest BCUT2D eigenvalue weighted by molar-refractivity contribution is -0.128. The van der Waals surface area contributed by atoms with Crippen LogP contribution in [-0.2, 0) is 9.59 Å². The molecule has 2 amide bonds. The highest BCUT2D eigenvalue weighted by Gasteiger charge is 2.15. The fourth-order valence-corrected chi connectivity index (χ4v) is 0.627. The predicted molar refractivity (Wildman–Crippen MR) is 45.3 cm³/mol. The van der Waals surface area contributed by atoms with Gasteiger partial charge in [0.2, 0.25) is 11.8 Å². The van der Waals surface area contributed by atoms with E-state index in [2.05, 4.69) is 10.6 Å². The first-order chi connectivity index (χ1) is 5.49. The lowest BCUT2D eigenvalue weighted by Crippen LogP contribution is -2.48. The summed E-state index contributed by atoms with van der Waals surface area (Å²) < 4.78 is 0. The molecule has 0 saturated heterocycles. The zero-order valence-corrected chi connectivity index (χ0v) is 7.55. The van der Waals surface area contributed by atoms with Crippen molar-refractivity contribution in [1.82, 2.24) is 10.6 Å². The smallest absolute Gasteiger partial charge is 0.242 e. The van der Waals surface area contributed by atoms with Gasteiger partial charge >= 0.3 is 0 Å². The molecule has 0 aliphatic carbocycles. The highest BCUT2D eigenvalue weighted by Crippen LogP contribution is 1.83. The first-order valence-electron chi connectivity index (χ1n) is 3.76. The van der Waals surface area contributed by atoms with E-state index in [0.29, 0.717) is 0 Å². The molecular weight excluding hydrogens is 158 g/mol. The molecule has 70 valence electrons. The van der Waals surface area contributed by atoms with Crippen LogP contribution in [0.3, 0.4) is 0 Å². The van der Waals surface area contributed by atoms with Crippen LogP contribution in [0.1, 0.15) is 13.8 Å². The van der Waals surface area contributed by atoms with Gasteiger partial charge in [-0.2, -0.15) is 0 Å². The Morgan fingerprint density at radius 1 is 1.25 bits per heavy atom. The van der Waals surface area contributed by atoms with Gasteiger partial charge in [-0.1, -0.05) is 0 Å². The van der Waals surface area contributed by atoms with Crippen molar-refractivity contribution in [2.45, 2.75) is 25.9 Å². The topological polar surface area (TPSA) is 84.2 Å². The molecule has 0 rings (SSSR count). The molecule has 0 radical (unpaired) electrons. The van der Waals surface area contributed by atoms with Crippen molar-refractivity contribution in [3.05, 3.63) is 0 Å². The third kappa shape index (κ3) is 3.34. The Morgan fingerprint density at radius 2 is 1.75 bits per heavy atom. The molecule has 5 heteroatoms. The van der Waals surface area contributed by atoms with Crippen molar-refractivity contribution in [1.29, 1.82) is 0 Å². The Bertz CT molecular complexity index is 179. The lowest BCUT2D eigenvalue weighted by atomic mass is 10.2. The van der Waals surface area contributed by atoms with Crippen LogP contribution in [-0.4, -0.2) is 30.9 Å². The molecule has 0 bridgehead atoms. The number of hydrogen-bond acceptors (Lipinski definition) is 3. The van der Waals surface area contributed by atoms with Gasteiger partial charge in [-0.05, 0) is 13.8 Å². The molecule has 0 unspecified atom stereocenters. The fourth-order valence-electron chi connectivity index (χ4n) is 0.627. The van der Waals surface area contributed by atoms with Crippen LogP contribution in [0.4, 0.5) is 0 Å². The van der Waals surface area contributed by atoms with Crippen LogP contribution in [0.25, 0.3) is 0 Å². The number of hydrogen-bond donors (Lipinski definition) is 3. The van der Waals surface area contributed by atoms with E-state index in [0.717, 1.165) is 0 Å². The third-order valence-corrected chi connectivity index (χ3v) is 1.41. The summed E-state index contributed by atoms with van der Waals surface area (Å²) in [7, 11) is 1.51. The second kappa shape index (κ2) is 4.71. The number of amides is 2. The number of nitrogens with one attached hydrogen (secondary N) is 2. The van der Waals surface area contributed by atoms with E-state index in [1.807, 2.05) is 0 Å². The second-order valence-corrected chi connectivity index (χ2v) is 2.63. The minimum atomic E-state index is -0.586. The van der Waals surface area contributed by atoms with E-state index in [9.17, 15) is 9.59 Å². The van der Waals surface area contributed by atoms with Crippen LogP contribution >= 0.6 is 0 Å².